The number of hydrogen-bond donors (Lipinski definition) is 1. The molecule has 2 aromatic carbocycles. The molecule has 24 heavy (non-hydrogen) atoms. The zero-order valence-electron chi connectivity index (χ0n) is 12.5. The third-order valence-electron chi connectivity index (χ3n) is 3.62. The van der Waals surface area contributed by atoms with E-state index in [1.54, 1.807) is 24.3 Å². The number of nitrogens with zero attached hydrogens (tertiary/aromatic N) is 3. The van der Waals surface area contributed by atoms with Gasteiger partial charge in [0.05, 0.1) is 16.2 Å². The maximum absolute atomic E-state index is 11.3. The highest BCUT2D eigenvalue weighted by molar-refractivity contribution is 5.84. The Kier molecular flexibility index (Phi) is 3.91. The van der Waals surface area contributed by atoms with Crippen molar-refractivity contribution in [2.45, 2.75) is 0 Å². The summed E-state index contributed by atoms with van der Waals surface area (Å²) in [6.07, 6.45) is 0. The van der Waals surface area contributed by atoms with Gasteiger partial charge in [0.1, 0.15) is 17.5 Å². The minimum atomic E-state index is -0.477. The van der Waals surface area contributed by atoms with Gasteiger partial charge in [0.2, 0.25) is 0 Å². The van der Waals surface area contributed by atoms with Crippen LogP contribution >= 0.6 is 0 Å². The Labute approximate surface area is 138 Å². The molecule has 0 saturated carbocycles. The molecule has 0 aliphatic heterocycles. The monoisotopic (exact) mass is 316 g/mol. The van der Waals surface area contributed by atoms with E-state index in [9.17, 15) is 15.4 Å². The fourth-order valence-corrected chi connectivity index (χ4v) is 2.51. The number of para-hydroxylation sites is 1. The Balaban J connectivity index is 2.30. The molecule has 2 N–H and O–H groups in total. The predicted octanol–water partition coefficient (Wildman–Crippen LogP) is 3.78. The van der Waals surface area contributed by atoms with E-state index >= 15 is 0 Å². The van der Waals surface area contributed by atoms with Crippen LogP contribution in [-0.2, 0) is 0 Å². The highest BCUT2D eigenvalue weighted by Gasteiger charge is 2.20. The first kappa shape index (κ1) is 15.2. The van der Waals surface area contributed by atoms with Crippen LogP contribution in [0.25, 0.3) is 22.4 Å². The SMILES string of the molecule is N#Cc1c(-c2ccccc2[N+](=O)[O-])cc(-c2ccccc2)nc1N. The molecule has 3 aromatic rings. The Hall–Kier alpha value is -3.72. The largest absolute Gasteiger partial charge is 0.383 e. The Morgan fingerprint density at radius 1 is 1.04 bits per heavy atom. The maximum Gasteiger partial charge on any atom is 0.277 e. The lowest BCUT2D eigenvalue weighted by Gasteiger charge is -2.10. The van der Waals surface area contributed by atoms with Crippen molar-refractivity contribution in [3.05, 3.63) is 76.3 Å². The summed E-state index contributed by atoms with van der Waals surface area (Å²) in [6, 6.07) is 19.2. The molecular formula is C18H12N4O2. The van der Waals surface area contributed by atoms with Crippen molar-refractivity contribution in [3.63, 3.8) is 0 Å². The number of pyridine rings is 1. The van der Waals surface area contributed by atoms with Crippen molar-refractivity contribution in [1.82, 2.24) is 4.98 Å². The Morgan fingerprint density at radius 3 is 2.38 bits per heavy atom. The molecule has 0 amide bonds. The standard InChI is InChI=1S/C18H12N4O2/c19-11-15-14(13-8-4-5-9-17(13)22(23)24)10-16(21-18(15)20)12-6-2-1-3-7-12/h1-10H,(H2,20,21). The van der Waals surface area contributed by atoms with Crippen molar-refractivity contribution in [3.8, 4) is 28.5 Å². The second-order valence-corrected chi connectivity index (χ2v) is 5.07. The molecule has 0 bridgehead atoms. The second-order valence-electron chi connectivity index (χ2n) is 5.07. The Morgan fingerprint density at radius 2 is 1.71 bits per heavy atom. The molecule has 3 rings (SSSR count). The van der Waals surface area contributed by atoms with Crippen LogP contribution in [0.3, 0.4) is 0 Å². The summed E-state index contributed by atoms with van der Waals surface area (Å²) in [6.45, 7) is 0. The number of benzene rings is 2. The van der Waals surface area contributed by atoms with Crippen molar-refractivity contribution < 1.29 is 4.92 Å². The molecule has 0 radical (unpaired) electrons. The van der Waals surface area contributed by atoms with E-state index < -0.39 is 4.92 Å². The lowest BCUT2D eigenvalue weighted by atomic mass is 9.97. The van der Waals surface area contributed by atoms with Gasteiger partial charge in [-0.3, -0.25) is 10.1 Å². The molecule has 1 aromatic heterocycles. The van der Waals surface area contributed by atoms with E-state index in [1.807, 2.05) is 36.4 Å². The summed E-state index contributed by atoms with van der Waals surface area (Å²) in [7, 11) is 0. The summed E-state index contributed by atoms with van der Waals surface area (Å²) >= 11 is 0. The number of aromatic nitrogens is 1. The summed E-state index contributed by atoms with van der Waals surface area (Å²) in [5.41, 5.74) is 8.08. The number of nitro groups is 1. The Bertz CT molecular complexity index is 962. The molecule has 0 fully saturated rings. The first-order valence-corrected chi connectivity index (χ1v) is 7.11. The average molecular weight is 316 g/mol. The highest BCUT2D eigenvalue weighted by Crippen LogP contribution is 2.35. The third-order valence-corrected chi connectivity index (χ3v) is 3.62. The van der Waals surface area contributed by atoms with Gasteiger partial charge in [-0.25, -0.2) is 4.98 Å². The van der Waals surface area contributed by atoms with Gasteiger partial charge in [0, 0.05) is 17.2 Å². The van der Waals surface area contributed by atoms with Crippen LogP contribution in [0.1, 0.15) is 5.56 Å². The molecule has 0 aliphatic rings. The lowest BCUT2D eigenvalue weighted by molar-refractivity contribution is -0.384. The zero-order chi connectivity index (χ0) is 17.1. The topological polar surface area (TPSA) is 106 Å². The van der Waals surface area contributed by atoms with E-state index in [1.165, 1.54) is 6.07 Å². The molecular weight excluding hydrogens is 304 g/mol. The van der Waals surface area contributed by atoms with Gasteiger partial charge in [0.15, 0.2) is 0 Å². The van der Waals surface area contributed by atoms with Crippen LogP contribution in [0.5, 0.6) is 0 Å². The van der Waals surface area contributed by atoms with Crippen molar-refractivity contribution in [2.24, 2.45) is 0 Å². The number of nitriles is 1. The van der Waals surface area contributed by atoms with Gasteiger partial charge in [0.25, 0.3) is 5.69 Å². The fourth-order valence-electron chi connectivity index (χ4n) is 2.51. The van der Waals surface area contributed by atoms with Gasteiger partial charge >= 0.3 is 0 Å². The van der Waals surface area contributed by atoms with Crippen LogP contribution in [0.15, 0.2) is 60.7 Å². The van der Waals surface area contributed by atoms with E-state index in [0.29, 0.717) is 16.8 Å². The number of hydrogen-bond acceptors (Lipinski definition) is 5. The summed E-state index contributed by atoms with van der Waals surface area (Å²) < 4.78 is 0. The zero-order valence-corrected chi connectivity index (χ0v) is 12.5. The van der Waals surface area contributed by atoms with Crippen LogP contribution in [0, 0.1) is 21.4 Å². The van der Waals surface area contributed by atoms with E-state index in [0.717, 1.165) is 5.56 Å². The fraction of sp³-hybridized carbons (Fsp3) is 0. The first-order chi connectivity index (χ1) is 11.6. The third kappa shape index (κ3) is 2.66. The number of nitrogens with two attached hydrogens (primary N) is 1. The summed E-state index contributed by atoms with van der Waals surface area (Å²) in [4.78, 5) is 15.1. The smallest absolute Gasteiger partial charge is 0.277 e. The molecule has 0 aliphatic carbocycles. The molecule has 116 valence electrons. The second kappa shape index (κ2) is 6.18. The van der Waals surface area contributed by atoms with Crippen molar-refractivity contribution in [1.29, 1.82) is 5.26 Å². The lowest BCUT2D eigenvalue weighted by Crippen LogP contribution is -2.01. The van der Waals surface area contributed by atoms with Gasteiger partial charge in [-0.15, -0.1) is 0 Å². The van der Waals surface area contributed by atoms with Crippen LogP contribution < -0.4 is 5.73 Å². The van der Waals surface area contributed by atoms with Crippen molar-refractivity contribution >= 4 is 11.5 Å². The van der Waals surface area contributed by atoms with Crippen LogP contribution in [0.4, 0.5) is 11.5 Å². The average Bonchev–Trinajstić information content (AvgIpc) is 2.61. The molecule has 1 heterocycles. The maximum atomic E-state index is 11.3. The van der Waals surface area contributed by atoms with Crippen LogP contribution in [-0.4, -0.2) is 9.91 Å². The minimum Gasteiger partial charge on any atom is -0.383 e. The van der Waals surface area contributed by atoms with Gasteiger partial charge in [-0.05, 0) is 12.1 Å². The van der Waals surface area contributed by atoms with E-state index in [4.69, 9.17) is 5.73 Å². The van der Waals surface area contributed by atoms with Gasteiger partial charge in [-0.2, -0.15) is 5.26 Å². The van der Waals surface area contributed by atoms with E-state index in [2.05, 4.69) is 4.98 Å². The van der Waals surface area contributed by atoms with Crippen molar-refractivity contribution in [2.75, 3.05) is 5.73 Å². The van der Waals surface area contributed by atoms with Crippen LogP contribution in [0.2, 0.25) is 0 Å². The molecule has 6 heteroatoms. The number of rotatable bonds is 3. The molecule has 0 saturated heterocycles. The number of nitrogen functional groups attached to an aromatic ring is 1. The molecule has 0 unspecified atom stereocenters. The predicted molar refractivity (Wildman–Crippen MR) is 90.9 cm³/mol. The van der Waals surface area contributed by atoms with Gasteiger partial charge < -0.3 is 5.73 Å². The summed E-state index contributed by atoms with van der Waals surface area (Å²) in [5, 5.41) is 20.7. The van der Waals surface area contributed by atoms with Gasteiger partial charge in [-0.1, -0.05) is 42.5 Å². The minimum absolute atomic E-state index is 0.0482. The first-order valence-electron chi connectivity index (χ1n) is 7.11. The molecule has 0 atom stereocenters. The summed E-state index contributed by atoms with van der Waals surface area (Å²) in [5.74, 6) is 0.0482. The number of anilines is 1. The normalized spacial score (nSPS) is 10.1. The quantitative estimate of drug-likeness (QED) is 0.584. The molecule has 0 spiro atoms. The molecule has 6 nitrogen and oxygen atoms in total. The van der Waals surface area contributed by atoms with E-state index in [-0.39, 0.29) is 17.1 Å². The highest BCUT2D eigenvalue weighted by atomic mass is 16.6. The number of nitro benzene ring substituents is 1.